The molecule has 0 radical (unpaired) electrons. The summed E-state index contributed by atoms with van der Waals surface area (Å²) >= 11 is 0. The molecule has 1 heterocycles. The predicted octanol–water partition coefficient (Wildman–Crippen LogP) is 1.35. The molecule has 1 aromatic carbocycles. The van der Waals surface area contributed by atoms with Crippen molar-refractivity contribution in [3.05, 3.63) is 24.0 Å². The second kappa shape index (κ2) is 4.98. The Kier molecular flexibility index (Phi) is 3.43. The number of hydrogen-bond donors (Lipinski definition) is 1. The minimum Gasteiger partial charge on any atom is -0.398 e. The zero-order valence-electron chi connectivity index (χ0n) is 11.0. The fraction of sp³-hybridized carbons (Fsp3) is 0.538. The Hall–Kier alpha value is -1.18. The molecule has 0 amide bonds. The molecule has 0 spiro atoms. The van der Waals surface area contributed by atoms with Gasteiger partial charge in [0.05, 0.1) is 24.4 Å². The lowest BCUT2D eigenvalue weighted by molar-refractivity contribution is -0.0242. The molecule has 20 heavy (non-hydrogen) atoms. The van der Waals surface area contributed by atoms with E-state index in [0.29, 0.717) is 6.61 Å². The Morgan fingerprint density at radius 3 is 2.90 bits per heavy atom. The molecule has 1 saturated heterocycles. The van der Waals surface area contributed by atoms with Crippen molar-refractivity contribution in [2.24, 2.45) is 0 Å². The van der Waals surface area contributed by atoms with Gasteiger partial charge in [0, 0.05) is 6.54 Å². The molecule has 1 aromatic rings. The number of rotatable bonds is 2. The van der Waals surface area contributed by atoms with Gasteiger partial charge in [-0.15, -0.1) is 0 Å². The summed E-state index contributed by atoms with van der Waals surface area (Å²) in [5.74, 6) is -0.800. The van der Waals surface area contributed by atoms with Crippen molar-refractivity contribution in [2.75, 3.05) is 18.9 Å². The summed E-state index contributed by atoms with van der Waals surface area (Å²) in [6, 6.07) is 3.73. The standard InChI is InChI=1S/C13H17FN2O3S/c14-9-3-1-4-10(15)13(9)20(17,18)16-7-8-19-12-6-2-5-11(12)16/h1,3-4,11-12H,2,5-8,15H2. The number of halogens is 1. The average molecular weight is 300 g/mol. The topological polar surface area (TPSA) is 72.6 Å². The summed E-state index contributed by atoms with van der Waals surface area (Å²) in [6.45, 7) is 0.589. The molecule has 5 nitrogen and oxygen atoms in total. The Bertz CT molecular complexity index is 600. The molecule has 1 aliphatic heterocycles. The summed E-state index contributed by atoms with van der Waals surface area (Å²) in [5, 5.41) is 0. The Morgan fingerprint density at radius 1 is 1.35 bits per heavy atom. The van der Waals surface area contributed by atoms with E-state index in [1.807, 2.05) is 0 Å². The molecule has 2 unspecified atom stereocenters. The van der Waals surface area contributed by atoms with Gasteiger partial charge in [0.15, 0.2) is 0 Å². The Morgan fingerprint density at radius 2 is 2.15 bits per heavy atom. The fourth-order valence-corrected chi connectivity index (χ4v) is 4.93. The van der Waals surface area contributed by atoms with Gasteiger partial charge in [-0.2, -0.15) is 4.31 Å². The smallest absolute Gasteiger partial charge is 0.248 e. The van der Waals surface area contributed by atoms with E-state index in [0.717, 1.165) is 25.3 Å². The first-order valence-corrected chi connectivity index (χ1v) is 8.13. The second-order valence-corrected chi connectivity index (χ2v) is 7.01. The van der Waals surface area contributed by atoms with Gasteiger partial charge < -0.3 is 10.5 Å². The number of nitrogens with two attached hydrogens (primary N) is 1. The molecule has 2 N–H and O–H groups in total. The molecule has 3 rings (SSSR count). The maximum atomic E-state index is 13.9. The second-order valence-electron chi connectivity index (χ2n) is 5.18. The number of benzene rings is 1. The van der Waals surface area contributed by atoms with Gasteiger partial charge in [-0.3, -0.25) is 0 Å². The maximum absolute atomic E-state index is 13.9. The number of fused-ring (bicyclic) bond motifs is 1. The molecule has 2 fully saturated rings. The highest BCUT2D eigenvalue weighted by Crippen LogP contribution is 2.35. The largest absolute Gasteiger partial charge is 0.398 e. The van der Waals surface area contributed by atoms with E-state index in [1.54, 1.807) is 0 Å². The quantitative estimate of drug-likeness (QED) is 0.837. The van der Waals surface area contributed by atoms with Gasteiger partial charge in [0.25, 0.3) is 0 Å². The van der Waals surface area contributed by atoms with Gasteiger partial charge in [0.1, 0.15) is 10.7 Å². The lowest BCUT2D eigenvalue weighted by atomic mass is 10.2. The van der Waals surface area contributed by atoms with Crippen LogP contribution in [-0.4, -0.2) is 38.0 Å². The van der Waals surface area contributed by atoms with Crippen LogP contribution in [0, 0.1) is 5.82 Å². The third-order valence-corrected chi connectivity index (χ3v) is 6.01. The molecule has 1 saturated carbocycles. The van der Waals surface area contributed by atoms with Crippen LogP contribution in [0.4, 0.5) is 10.1 Å². The summed E-state index contributed by atoms with van der Waals surface area (Å²) in [6.07, 6.45) is 2.45. The van der Waals surface area contributed by atoms with E-state index in [1.165, 1.54) is 16.4 Å². The number of nitrogen functional groups attached to an aromatic ring is 1. The number of anilines is 1. The number of nitrogens with zero attached hydrogens (tertiary/aromatic N) is 1. The molecule has 0 aromatic heterocycles. The molecule has 2 aliphatic rings. The van der Waals surface area contributed by atoms with E-state index < -0.39 is 20.7 Å². The van der Waals surface area contributed by atoms with E-state index in [4.69, 9.17) is 10.5 Å². The summed E-state index contributed by atoms with van der Waals surface area (Å²) in [4.78, 5) is -0.410. The lowest BCUT2D eigenvalue weighted by Crippen LogP contribution is -2.51. The third kappa shape index (κ3) is 2.10. The van der Waals surface area contributed by atoms with Crippen molar-refractivity contribution < 1.29 is 17.5 Å². The van der Waals surface area contributed by atoms with Crippen molar-refractivity contribution in [1.29, 1.82) is 0 Å². The highest BCUT2D eigenvalue weighted by Gasteiger charge is 2.43. The normalized spacial score (nSPS) is 27.4. The first kappa shape index (κ1) is 13.8. The van der Waals surface area contributed by atoms with Crippen LogP contribution >= 0.6 is 0 Å². The van der Waals surface area contributed by atoms with Gasteiger partial charge in [-0.25, -0.2) is 12.8 Å². The van der Waals surface area contributed by atoms with Crippen LogP contribution in [0.25, 0.3) is 0 Å². The molecule has 0 bridgehead atoms. The third-order valence-electron chi connectivity index (χ3n) is 4.00. The Balaban J connectivity index is 2.03. The van der Waals surface area contributed by atoms with Crippen molar-refractivity contribution in [1.82, 2.24) is 4.31 Å². The van der Waals surface area contributed by atoms with Crippen molar-refractivity contribution in [3.8, 4) is 0 Å². The van der Waals surface area contributed by atoms with Crippen LogP contribution in [0.3, 0.4) is 0 Å². The van der Waals surface area contributed by atoms with E-state index in [9.17, 15) is 12.8 Å². The minimum absolute atomic E-state index is 0.0500. The van der Waals surface area contributed by atoms with Crippen LogP contribution in [0.15, 0.2) is 23.1 Å². The van der Waals surface area contributed by atoms with E-state index in [2.05, 4.69) is 0 Å². The lowest BCUT2D eigenvalue weighted by Gasteiger charge is -2.36. The summed E-state index contributed by atoms with van der Waals surface area (Å²) < 4.78 is 46.3. The SMILES string of the molecule is Nc1cccc(F)c1S(=O)(=O)N1CCOC2CCCC21. The molecule has 110 valence electrons. The van der Waals surface area contributed by atoms with Gasteiger partial charge in [-0.05, 0) is 31.4 Å². The molecular weight excluding hydrogens is 283 g/mol. The molecule has 2 atom stereocenters. The maximum Gasteiger partial charge on any atom is 0.248 e. The minimum atomic E-state index is -3.92. The highest BCUT2D eigenvalue weighted by atomic mass is 32.2. The fourth-order valence-electron chi connectivity index (χ4n) is 3.10. The van der Waals surface area contributed by atoms with E-state index in [-0.39, 0.29) is 24.4 Å². The monoisotopic (exact) mass is 300 g/mol. The van der Waals surface area contributed by atoms with Crippen LogP contribution in [0.2, 0.25) is 0 Å². The first-order chi connectivity index (χ1) is 9.51. The zero-order valence-corrected chi connectivity index (χ0v) is 11.8. The van der Waals surface area contributed by atoms with Crippen molar-refractivity contribution in [3.63, 3.8) is 0 Å². The van der Waals surface area contributed by atoms with Gasteiger partial charge in [0.2, 0.25) is 10.0 Å². The van der Waals surface area contributed by atoms with E-state index >= 15 is 0 Å². The Labute approximate surface area is 117 Å². The zero-order chi connectivity index (χ0) is 14.3. The summed E-state index contributed by atoms with van der Waals surface area (Å²) in [7, 11) is -3.92. The number of morpholine rings is 1. The van der Waals surface area contributed by atoms with Crippen LogP contribution in [-0.2, 0) is 14.8 Å². The number of hydrogen-bond acceptors (Lipinski definition) is 4. The van der Waals surface area contributed by atoms with Gasteiger partial charge in [-0.1, -0.05) is 6.07 Å². The van der Waals surface area contributed by atoms with Crippen molar-refractivity contribution >= 4 is 15.7 Å². The average Bonchev–Trinajstić information content (AvgIpc) is 2.85. The van der Waals surface area contributed by atoms with Gasteiger partial charge >= 0.3 is 0 Å². The van der Waals surface area contributed by atoms with Crippen LogP contribution < -0.4 is 5.73 Å². The molecule has 1 aliphatic carbocycles. The van der Waals surface area contributed by atoms with Crippen LogP contribution in [0.5, 0.6) is 0 Å². The van der Waals surface area contributed by atoms with Crippen molar-refractivity contribution in [2.45, 2.75) is 36.3 Å². The number of ether oxygens (including phenoxy) is 1. The van der Waals surface area contributed by atoms with Crippen LogP contribution in [0.1, 0.15) is 19.3 Å². The molecular formula is C13H17FN2O3S. The molecule has 7 heteroatoms. The number of sulfonamides is 1. The predicted molar refractivity (Wildman–Crippen MR) is 72.1 cm³/mol. The highest BCUT2D eigenvalue weighted by molar-refractivity contribution is 7.89. The summed E-state index contributed by atoms with van der Waals surface area (Å²) in [5.41, 5.74) is 5.62. The first-order valence-electron chi connectivity index (χ1n) is 6.69.